The van der Waals surface area contributed by atoms with Crippen LogP contribution in [0.25, 0.3) is 0 Å². The van der Waals surface area contributed by atoms with Gasteiger partial charge in [0.25, 0.3) is 5.91 Å². The van der Waals surface area contributed by atoms with Gasteiger partial charge in [0.05, 0.1) is 6.61 Å². The first-order valence-corrected chi connectivity index (χ1v) is 6.78. The third kappa shape index (κ3) is 4.20. The molecule has 0 aromatic heterocycles. The number of carbonyl (C=O) groups is 1. The number of nitrogens with zero attached hydrogens (tertiary/aromatic N) is 1. The van der Waals surface area contributed by atoms with E-state index in [0.29, 0.717) is 12.6 Å². The van der Waals surface area contributed by atoms with Gasteiger partial charge in [0.15, 0.2) is 0 Å². The Morgan fingerprint density at radius 2 is 2.10 bits per heavy atom. The highest BCUT2D eigenvalue weighted by Crippen LogP contribution is 2.15. The van der Waals surface area contributed by atoms with Crippen molar-refractivity contribution in [2.24, 2.45) is 0 Å². The normalized spacial score (nSPS) is 15.5. The van der Waals surface area contributed by atoms with Crippen LogP contribution in [0.4, 0.5) is 0 Å². The summed E-state index contributed by atoms with van der Waals surface area (Å²) < 4.78 is 5.11. The van der Waals surface area contributed by atoms with Gasteiger partial charge in [-0.3, -0.25) is 4.79 Å². The first-order valence-electron chi connectivity index (χ1n) is 6.78. The summed E-state index contributed by atoms with van der Waals surface area (Å²) in [5, 5.41) is 3.32. The van der Waals surface area contributed by atoms with E-state index in [1.165, 1.54) is 0 Å². The Morgan fingerprint density at radius 1 is 1.40 bits per heavy atom. The molecule has 1 fully saturated rings. The Hall–Kier alpha value is -1.10. The van der Waals surface area contributed by atoms with Crippen LogP contribution in [0.2, 0.25) is 0 Å². The Labute approximate surface area is 126 Å². The number of hydrogen-bond donors (Lipinski definition) is 1. The molecule has 1 aliphatic rings. The summed E-state index contributed by atoms with van der Waals surface area (Å²) in [5.74, 6) is 0.102. The van der Waals surface area contributed by atoms with E-state index in [1.54, 1.807) is 7.11 Å². The third-order valence-corrected chi connectivity index (χ3v) is 3.66. The summed E-state index contributed by atoms with van der Waals surface area (Å²) in [6, 6.07) is 8.03. The fraction of sp³-hybridized carbons (Fsp3) is 0.533. The average molecular weight is 299 g/mol. The van der Waals surface area contributed by atoms with Crippen LogP contribution in [0.3, 0.4) is 0 Å². The molecule has 5 heteroatoms. The maximum Gasteiger partial charge on any atom is 0.253 e. The second kappa shape index (κ2) is 8.25. The monoisotopic (exact) mass is 298 g/mol. The maximum atomic E-state index is 12.5. The average Bonchev–Trinajstić information content (AvgIpc) is 2.47. The molecule has 1 aliphatic heterocycles. The lowest BCUT2D eigenvalue weighted by Crippen LogP contribution is -2.43. The van der Waals surface area contributed by atoms with Gasteiger partial charge in [-0.1, -0.05) is 12.1 Å². The van der Waals surface area contributed by atoms with E-state index in [-0.39, 0.29) is 18.3 Å². The van der Waals surface area contributed by atoms with Gasteiger partial charge in [0.1, 0.15) is 0 Å². The fourth-order valence-electron chi connectivity index (χ4n) is 2.52. The molecule has 2 rings (SSSR count). The van der Waals surface area contributed by atoms with Crippen LogP contribution in [-0.4, -0.2) is 44.1 Å². The van der Waals surface area contributed by atoms with E-state index in [0.717, 1.165) is 37.1 Å². The van der Waals surface area contributed by atoms with Gasteiger partial charge in [-0.15, -0.1) is 12.4 Å². The number of piperidine rings is 1. The highest BCUT2D eigenvalue weighted by Gasteiger charge is 2.22. The van der Waals surface area contributed by atoms with Gasteiger partial charge in [-0.25, -0.2) is 0 Å². The van der Waals surface area contributed by atoms with Crippen LogP contribution in [0.5, 0.6) is 0 Å². The molecule has 0 spiro atoms. The van der Waals surface area contributed by atoms with Crippen molar-refractivity contribution < 1.29 is 9.53 Å². The SMILES string of the molecule is COCc1cccc(C(=O)N(C)C2CCNCC2)c1.Cl. The van der Waals surface area contributed by atoms with Gasteiger partial charge >= 0.3 is 0 Å². The molecule has 0 atom stereocenters. The molecule has 1 N–H and O–H groups in total. The van der Waals surface area contributed by atoms with Crippen LogP contribution in [-0.2, 0) is 11.3 Å². The molecular weight excluding hydrogens is 276 g/mol. The van der Waals surface area contributed by atoms with Crippen molar-refractivity contribution >= 4 is 18.3 Å². The van der Waals surface area contributed by atoms with Crippen molar-refractivity contribution in [2.45, 2.75) is 25.5 Å². The third-order valence-electron chi connectivity index (χ3n) is 3.66. The minimum atomic E-state index is 0. The molecule has 1 heterocycles. The highest BCUT2D eigenvalue weighted by atomic mass is 35.5. The van der Waals surface area contributed by atoms with Gasteiger partial charge in [-0.05, 0) is 43.6 Å². The van der Waals surface area contributed by atoms with Crippen molar-refractivity contribution in [3.8, 4) is 0 Å². The molecular formula is C15H23ClN2O2. The predicted octanol–water partition coefficient (Wildman–Crippen LogP) is 2.08. The van der Waals surface area contributed by atoms with Crippen LogP contribution in [0, 0.1) is 0 Å². The zero-order valence-electron chi connectivity index (χ0n) is 12.1. The Morgan fingerprint density at radius 3 is 2.75 bits per heavy atom. The van der Waals surface area contributed by atoms with Crippen molar-refractivity contribution in [3.05, 3.63) is 35.4 Å². The molecule has 0 saturated carbocycles. The second-order valence-corrected chi connectivity index (χ2v) is 5.03. The topological polar surface area (TPSA) is 41.6 Å². The number of halogens is 1. The molecule has 20 heavy (non-hydrogen) atoms. The lowest BCUT2D eigenvalue weighted by molar-refractivity contribution is 0.0703. The number of rotatable bonds is 4. The molecule has 1 saturated heterocycles. The predicted molar refractivity (Wildman–Crippen MR) is 82.4 cm³/mol. The fourth-order valence-corrected chi connectivity index (χ4v) is 2.52. The summed E-state index contributed by atoms with van der Waals surface area (Å²) in [6.45, 7) is 2.52. The molecule has 1 amide bonds. The summed E-state index contributed by atoms with van der Waals surface area (Å²) in [5.41, 5.74) is 1.78. The molecule has 0 aliphatic carbocycles. The molecule has 1 aromatic carbocycles. The standard InChI is InChI=1S/C15H22N2O2.ClH/c1-17(14-6-8-16-9-7-14)15(18)13-5-3-4-12(10-13)11-19-2;/h3-5,10,14,16H,6-9,11H2,1-2H3;1H. The Kier molecular flexibility index (Phi) is 6.99. The number of hydrogen-bond acceptors (Lipinski definition) is 3. The highest BCUT2D eigenvalue weighted by molar-refractivity contribution is 5.94. The van der Waals surface area contributed by atoms with Gasteiger partial charge in [-0.2, -0.15) is 0 Å². The minimum Gasteiger partial charge on any atom is -0.380 e. The largest absolute Gasteiger partial charge is 0.380 e. The Balaban J connectivity index is 0.00000200. The summed E-state index contributed by atoms with van der Waals surface area (Å²) in [6.07, 6.45) is 2.06. The van der Waals surface area contributed by atoms with Crippen molar-refractivity contribution in [1.82, 2.24) is 10.2 Å². The van der Waals surface area contributed by atoms with Crippen LogP contribution >= 0.6 is 12.4 Å². The molecule has 0 unspecified atom stereocenters. The zero-order valence-corrected chi connectivity index (χ0v) is 12.9. The van der Waals surface area contributed by atoms with Gasteiger partial charge in [0, 0.05) is 25.8 Å². The van der Waals surface area contributed by atoms with Crippen molar-refractivity contribution in [3.63, 3.8) is 0 Å². The molecule has 0 bridgehead atoms. The number of amides is 1. The van der Waals surface area contributed by atoms with E-state index in [4.69, 9.17) is 4.74 Å². The summed E-state index contributed by atoms with van der Waals surface area (Å²) in [7, 11) is 3.57. The van der Waals surface area contributed by atoms with E-state index < -0.39 is 0 Å². The molecule has 0 radical (unpaired) electrons. The van der Waals surface area contributed by atoms with E-state index in [1.807, 2.05) is 36.2 Å². The summed E-state index contributed by atoms with van der Waals surface area (Å²) >= 11 is 0. The van der Waals surface area contributed by atoms with Crippen molar-refractivity contribution in [1.29, 1.82) is 0 Å². The van der Waals surface area contributed by atoms with Crippen LogP contribution in [0.15, 0.2) is 24.3 Å². The van der Waals surface area contributed by atoms with Gasteiger partial charge < -0.3 is 15.0 Å². The van der Waals surface area contributed by atoms with Gasteiger partial charge in [0.2, 0.25) is 0 Å². The lowest BCUT2D eigenvalue weighted by Gasteiger charge is -2.31. The van der Waals surface area contributed by atoms with E-state index in [9.17, 15) is 4.79 Å². The molecule has 112 valence electrons. The van der Waals surface area contributed by atoms with E-state index in [2.05, 4.69) is 5.32 Å². The number of ether oxygens (including phenoxy) is 1. The van der Waals surface area contributed by atoms with Crippen molar-refractivity contribution in [2.75, 3.05) is 27.2 Å². The van der Waals surface area contributed by atoms with Crippen LogP contribution < -0.4 is 5.32 Å². The van der Waals surface area contributed by atoms with E-state index >= 15 is 0 Å². The number of nitrogens with one attached hydrogen (secondary N) is 1. The smallest absolute Gasteiger partial charge is 0.253 e. The van der Waals surface area contributed by atoms with Crippen LogP contribution in [0.1, 0.15) is 28.8 Å². The number of benzene rings is 1. The molecule has 4 nitrogen and oxygen atoms in total. The lowest BCUT2D eigenvalue weighted by atomic mass is 10.0. The molecule has 1 aromatic rings. The minimum absolute atomic E-state index is 0. The Bertz CT molecular complexity index is 434. The number of methoxy groups -OCH3 is 1. The maximum absolute atomic E-state index is 12.5. The zero-order chi connectivity index (χ0) is 13.7. The number of carbonyl (C=O) groups excluding carboxylic acids is 1. The first kappa shape index (κ1) is 17.0. The quantitative estimate of drug-likeness (QED) is 0.925. The first-order chi connectivity index (χ1) is 9.22. The second-order valence-electron chi connectivity index (χ2n) is 5.03. The summed E-state index contributed by atoms with van der Waals surface area (Å²) in [4.78, 5) is 14.3.